The summed E-state index contributed by atoms with van der Waals surface area (Å²) < 4.78 is 62.8. The Morgan fingerprint density at radius 1 is 1.21 bits per heavy atom. The van der Waals surface area contributed by atoms with Gasteiger partial charge in [0.25, 0.3) is 0 Å². The zero-order valence-electron chi connectivity index (χ0n) is 14.6. The molecule has 0 aromatic heterocycles. The van der Waals surface area contributed by atoms with Gasteiger partial charge in [0, 0.05) is 18.7 Å². The zero-order valence-corrected chi connectivity index (χ0v) is 15.4. The van der Waals surface area contributed by atoms with Crippen LogP contribution < -0.4 is 10.1 Å². The highest BCUT2D eigenvalue weighted by atomic mass is 35.5. The van der Waals surface area contributed by atoms with Gasteiger partial charge in [-0.05, 0) is 36.4 Å². The number of carbonyl (C=O) groups is 1. The Labute approximate surface area is 163 Å². The number of hydrogen-bond acceptors (Lipinski definition) is 3. The maximum atomic E-state index is 13.7. The normalized spacial score (nSPS) is 11.6. The van der Waals surface area contributed by atoms with E-state index in [0.717, 1.165) is 36.4 Å². The lowest BCUT2D eigenvalue weighted by molar-refractivity contribution is -0.137. The van der Waals surface area contributed by atoms with Crippen LogP contribution in [0.5, 0.6) is 5.75 Å². The van der Waals surface area contributed by atoms with Gasteiger partial charge in [0.05, 0.1) is 22.9 Å². The summed E-state index contributed by atoms with van der Waals surface area (Å²) >= 11 is 5.86. The van der Waals surface area contributed by atoms with Gasteiger partial charge in [0.1, 0.15) is 18.2 Å². The summed E-state index contributed by atoms with van der Waals surface area (Å²) in [6.45, 7) is 0.283. The molecule has 2 aromatic carbocycles. The molecule has 0 aliphatic carbocycles. The largest absolute Gasteiger partial charge is 0.489 e. The molecule has 1 amide bonds. The molecule has 0 unspecified atom stereocenters. The predicted octanol–water partition coefficient (Wildman–Crippen LogP) is 5.18. The number of halogens is 5. The van der Waals surface area contributed by atoms with Crippen LogP contribution in [0, 0.1) is 5.82 Å². The molecule has 0 bridgehead atoms. The maximum Gasteiger partial charge on any atom is 0.416 e. The molecule has 0 aliphatic heterocycles. The van der Waals surface area contributed by atoms with Crippen molar-refractivity contribution in [3.63, 3.8) is 0 Å². The minimum atomic E-state index is -4.60. The number of methoxy groups -OCH3 is 1. The van der Waals surface area contributed by atoms with Crippen LogP contribution in [0.4, 0.5) is 23.2 Å². The Morgan fingerprint density at radius 3 is 2.61 bits per heavy atom. The Bertz CT molecular complexity index is 848. The molecular weight excluding hydrogens is 402 g/mol. The molecule has 9 heteroatoms. The minimum Gasteiger partial charge on any atom is -0.489 e. The van der Waals surface area contributed by atoms with E-state index >= 15 is 0 Å². The summed E-state index contributed by atoms with van der Waals surface area (Å²) in [4.78, 5) is 12.1. The van der Waals surface area contributed by atoms with Crippen molar-refractivity contribution in [2.24, 2.45) is 0 Å². The lowest BCUT2D eigenvalue weighted by atomic mass is 10.1. The highest BCUT2D eigenvalue weighted by Crippen LogP contribution is 2.35. The summed E-state index contributed by atoms with van der Waals surface area (Å²) in [5.74, 6) is -1.38. The van der Waals surface area contributed by atoms with Crippen molar-refractivity contribution >= 4 is 29.3 Å². The number of alkyl halides is 3. The second-order valence-corrected chi connectivity index (χ2v) is 5.92. The van der Waals surface area contributed by atoms with Crippen LogP contribution in [0.25, 0.3) is 6.08 Å². The third-order valence-corrected chi connectivity index (χ3v) is 3.84. The molecule has 0 spiro atoms. The van der Waals surface area contributed by atoms with Crippen LogP contribution in [-0.2, 0) is 15.7 Å². The summed E-state index contributed by atoms with van der Waals surface area (Å²) in [5, 5.41) is 2.39. The minimum absolute atomic E-state index is 0.0140. The SMILES string of the molecule is COCCOc1ccc(C(F)(F)F)cc1NC(=O)C=Cc1c(F)cccc1Cl. The fourth-order valence-corrected chi connectivity index (χ4v) is 2.39. The van der Waals surface area contributed by atoms with Gasteiger partial charge in [0.2, 0.25) is 5.91 Å². The molecule has 0 fully saturated rings. The van der Waals surface area contributed by atoms with E-state index in [-0.39, 0.29) is 35.2 Å². The molecule has 0 aliphatic rings. The van der Waals surface area contributed by atoms with Crippen molar-refractivity contribution < 1.29 is 31.8 Å². The molecule has 0 radical (unpaired) electrons. The molecule has 0 saturated carbocycles. The third-order valence-electron chi connectivity index (χ3n) is 3.51. The van der Waals surface area contributed by atoms with Gasteiger partial charge in [-0.2, -0.15) is 13.2 Å². The van der Waals surface area contributed by atoms with Crippen LogP contribution in [0.1, 0.15) is 11.1 Å². The number of rotatable bonds is 7. The van der Waals surface area contributed by atoms with E-state index in [2.05, 4.69) is 5.32 Å². The third kappa shape index (κ3) is 5.97. The second kappa shape index (κ2) is 9.57. The summed E-state index contributed by atoms with van der Waals surface area (Å²) in [5.41, 5.74) is -1.15. The van der Waals surface area contributed by atoms with E-state index in [1.807, 2.05) is 0 Å². The number of carbonyl (C=O) groups excluding carboxylic acids is 1. The Morgan fingerprint density at radius 2 is 1.96 bits per heavy atom. The molecule has 4 nitrogen and oxygen atoms in total. The fourth-order valence-electron chi connectivity index (χ4n) is 2.17. The fraction of sp³-hybridized carbons (Fsp3) is 0.211. The lowest BCUT2D eigenvalue weighted by Crippen LogP contribution is -2.13. The average molecular weight is 418 g/mol. The summed E-state index contributed by atoms with van der Waals surface area (Å²) in [7, 11) is 1.44. The van der Waals surface area contributed by atoms with Gasteiger partial charge >= 0.3 is 6.18 Å². The second-order valence-electron chi connectivity index (χ2n) is 5.51. The monoisotopic (exact) mass is 417 g/mol. The highest BCUT2D eigenvalue weighted by molar-refractivity contribution is 6.32. The first kappa shape index (κ1) is 21.7. The molecule has 1 N–H and O–H groups in total. The van der Waals surface area contributed by atoms with Gasteiger partial charge in [0.15, 0.2) is 0 Å². The molecule has 0 heterocycles. The van der Waals surface area contributed by atoms with Crippen molar-refractivity contribution in [1.29, 1.82) is 0 Å². The molecule has 0 saturated heterocycles. The number of ether oxygens (including phenoxy) is 2. The Balaban J connectivity index is 2.24. The number of hydrogen-bond donors (Lipinski definition) is 1. The molecule has 0 atom stereocenters. The number of anilines is 1. The number of nitrogens with one attached hydrogen (secondary N) is 1. The summed E-state index contributed by atoms with van der Waals surface area (Å²) in [6, 6.07) is 6.71. The zero-order chi connectivity index (χ0) is 20.7. The van der Waals surface area contributed by atoms with E-state index in [1.54, 1.807) is 0 Å². The molecule has 150 valence electrons. The first-order valence-corrected chi connectivity index (χ1v) is 8.36. The van der Waals surface area contributed by atoms with E-state index < -0.39 is 23.5 Å². The van der Waals surface area contributed by atoms with E-state index in [9.17, 15) is 22.4 Å². The van der Waals surface area contributed by atoms with Crippen LogP contribution in [-0.4, -0.2) is 26.2 Å². The smallest absolute Gasteiger partial charge is 0.416 e. The van der Waals surface area contributed by atoms with E-state index in [0.29, 0.717) is 0 Å². The van der Waals surface area contributed by atoms with Gasteiger partial charge in [-0.3, -0.25) is 4.79 Å². The highest BCUT2D eigenvalue weighted by Gasteiger charge is 2.31. The lowest BCUT2D eigenvalue weighted by Gasteiger charge is -2.14. The van der Waals surface area contributed by atoms with Crippen molar-refractivity contribution in [2.45, 2.75) is 6.18 Å². The predicted molar refractivity (Wildman–Crippen MR) is 97.9 cm³/mol. The van der Waals surface area contributed by atoms with E-state index in [1.165, 1.54) is 19.2 Å². The number of amides is 1. The average Bonchev–Trinajstić information content (AvgIpc) is 2.61. The first-order valence-electron chi connectivity index (χ1n) is 7.98. The van der Waals surface area contributed by atoms with Crippen LogP contribution >= 0.6 is 11.6 Å². The molecule has 2 rings (SSSR count). The van der Waals surface area contributed by atoms with Crippen LogP contribution in [0.15, 0.2) is 42.5 Å². The Hall–Kier alpha value is -2.58. The van der Waals surface area contributed by atoms with Gasteiger partial charge < -0.3 is 14.8 Å². The van der Waals surface area contributed by atoms with Gasteiger partial charge in [-0.1, -0.05) is 17.7 Å². The molecule has 28 heavy (non-hydrogen) atoms. The van der Waals surface area contributed by atoms with Crippen LogP contribution in [0.3, 0.4) is 0 Å². The quantitative estimate of drug-likeness (QED) is 0.384. The standard InChI is InChI=1S/C19H16ClF4NO3/c1-27-9-10-28-17-7-5-12(19(22,23)24)11-16(17)25-18(26)8-6-13-14(20)3-2-4-15(13)21/h2-8,11H,9-10H2,1H3,(H,25,26). The number of benzene rings is 2. The first-order chi connectivity index (χ1) is 13.2. The molecule has 2 aromatic rings. The van der Waals surface area contributed by atoms with Crippen molar-refractivity contribution in [1.82, 2.24) is 0 Å². The maximum absolute atomic E-state index is 13.7. The Kier molecular flexibility index (Phi) is 7.42. The van der Waals surface area contributed by atoms with Crippen molar-refractivity contribution in [3.8, 4) is 5.75 Å². The summed E-state index contributed by atoms with van der Waals surface area (Å²) in [6.07, 6.45) is -2.50. The van der Waals surface area contributed by atoms with Gasteiger partial charge in [-0.15, -0.1) is 0 Å². The molecular formula is C19H16ClF4NO3. The van der Waals surface area contributed by atoms with Crippen LogP contribution in [0.2, 0.25) is 5.02 Å². The van der Waals surface area contributed by atoms with E-state index in [4.69, 9.17) is 21.1 Å². The van der Waals surface area contributed by atoms with Crippen molar-refractivity contribution in [3.05, 3.63) is 64.4 Å². The van der Waals surface area contributed by atoms with Gasteiger partial charge in [-0.25, -0.2) is 4.39 Å². The topological polar surface area (TPSA) is 47.6 Å². The van der Waals surface area contributed by atoms with Crippen molar-refractivity contribution in [2.75, 3.05) is 25.6 Å².